The number of carbonyl (C=O) groups excluding carboxylic acids is 1. The lowest BCUT2D eigenvalue weighted by Gasteiger charge is -2.12. The Morgan fingerprint density at radius 3 is 2.83 bits per heavy atom. The van der Waals surface area contributed by atoms with E-state index in [1.165, 1.54) is 0 Å². The zero-order valence-electron chi connectivity index (χ0n) is 13.0. The van der Waals surface area contributed by atoms with Crippen LogP contribution in [0.1, 0.15) is 5.56 Å². The van der Waals surface area contributed by atoms with Gasteiger partial charge in [0.05, 0.1) is 19.3 Å². The Bertz CT molecular complexity index is 731. The average Bonchev–Trinajstić information content (AvgIpc) is 3.01. The smallest absolute Gasteiger partial charge is 0.243 e. The molecule has 2 aromatic rings. The summed E-state index contributed by atoms with van der Waals surface area (Å²) >= 11 is 0. The molecule has 0 unspecified atom stereocenters. The van der Waals surface area contributed by atoms with Crippen molar-refractivity contribution < 1.29 is 19.0 Å². The number of hydrogen-bond donors (Lipinski definition) is 2. The maximum absolute atomic E-state index is 12.1. The molecular formula is C17H18N2O4. The number of anilines is 2. The second-order valence-corrected chi connectivity index (χ2v) is 5.17. The maximum Gasteiger partial charge on any atom is 0.243 e. The molecule has 0 fully saturated rings. The Morgan fingerprint density at radius 1 is 1.17 bits per heavy atom. The van der Waals surface area contributed by atoms with Crippen molar-refractivity contribution >= 4 is 17.3 Å². The first-order valence-electron chi connectivity index (χ1n) is 7.24. The molecule has 1 aliphatic rings. The van der Waals surface area contributed by atoms with Crippen LogP contribution in [-0.4, -0.2) is 26.4 Å². The fourth-order valence-electron chi connectivity index (χ4n) is 2.30. The molecule has 0 atom stereocenters. The van der Waals surface area contributed by atoms with Gasteiger partial charge in [0.25, 0.3) is 0 Å². The molecule has 0 saturated heterocycles. The topological polar surface area (TPSA) is 68.8 Å². The second-order valence-electron chi connectivity index (χ2n) is 5.17. The molecule has 2 aromatic carbocycles. The van der Waals surface area contributed by atoms with Crippen LogP contribution >= 0.6 is 0 Å². The zero-order valence-corrected chi connectivity index (χ0v) is 13.0. The van der Waals surface area contributed by atoms with Crippen LogP contribution in [0.2, 0.25) is 0 Å². The Morgan fingerprint density at radius 2 is 2.00 bits per heavy atom. The van der Waals surface area contributed by atoms with Crippen LogP contribution in [0.15, 0.2) is 36.4 Å². The van der Waals surface area contributed by atoms with Gasteiger partial charge < -0.3 is 24.8 Å². The van der Waals surface area contributed by atoms with Crippen LogP contribution in [-0.2, 0) is 4.79 Å². The molecule has 1 amide bonds. The third-order valence-electron chi connectivity index (χ3n) is 3.45. The first kappa shape index (κ1) is 15.0. The summed E-state index contributed by atoms with van der Waals surface area (Å²) in [4.78, 5) is 12.1. The highest BCUT2D eigenvalue weighted by Crippen LogP contribution is 2.34. The fraction of sp³-hybridized carbons (Fsp3) is 0.235. The van der Waals surface area contributed by atoms with Crippen LogP contribution < -0.4 is 24.8 Å². The van der Waals surface area contributed by atoms with E-state index in [2.05, 4.69) is 10.6 Å². The predicted molar refractivity (Wildman–Crippen MR) is 87.4 cm³/mol. The number of nitrogens with one attached hydrogen (secondary N) is 2. The van der Waals surface area contributed by atoms with E-state index in [4.69, 9.17) is 14.2 Å². The summed E-state index contributed by atoms with van der Waals surface area (Å²) in [5, 5.41) is 5.90. The van der Waals surface area contributed by atoms with Crippen molar-refractivity contribution in [2.75, 3.05) is 31.1 Å². The van der Waals surface area contributed by atoms with Gasteiger partial charge >= 0.3 is 0 Å². The molecule has 2 N–H and O–H groups in total. The van der Waals surface area contributed by atoms with Crippen LogP contribution in [0.3, 0.4) is 0 Å². The summed E-state index contributed by atoms with van der Waals surface area (Å²) in [5.41, 5.74) is 2.50. The highest BCUT2D eigenvalue weighted by molar-refractivity contribution is 5.95. The first-order valence-corrected chi connectivity index (χ1v) is 7.24. The minimum Gasteiger partial charge on any atom is -0.495 e. The van der Waals surface area contributed by atoms with Crippen molar-refractivity contribution in [1.82, 2.24) is 0 Å². The van der Waals surface area contributed by atoms with Gasteiger partial charge in [-0.25, -0.2) is 0 Å². The van der Waals surface area contributed by atoms with Crippen molar-refractivity contribution in [3.8, 4) is 17.2 Å². The molecule has 0 spiro atoms. The van der Waals surface area contributed by atoms with E-state index in [9.17, 15) is 4.79 Å². The number of hydrogen-bond acceptors (Lipinski definition) is 5. The van der Waals surface area contributed by atoms with E-state index in [0.717, 1.165) is 11.3 Å². The SMILES string of the molecule is COc1ccc(C)cc1NC(=O)CNc1ccc2c(c1)OCO2. The Hall–Kier alpha value is -2.89. The third kappa shape index (κ3) is 3.48. The lowest BCUT2D eigenvalue weighted by molar-refractivity contribution is -0.114. The average molecular weight is 314 g/mol. The molecule has 23 heavy (non-hydrogen) atoms. The second kappa shape index (κ2) is 6.48. The van der Waals surface area contributed by atoms with E-state index in [-0.39, 0.29) is 19.2 Å². The first-order chi connectivity index (χ1) is 11.2. The molecule has 0 bridgehead atoms. The molecule has 3 rings (SSSR count). The van der Waals surface area contributed by atoms with Crippen LogP contribution in [0.5, 0.6) is 17.2 Å². The quantitative estimate of drug-likeness (QED) is 0.888. The Kier molecular flexibility index (Phi) is 4.23. The van der Waals surface area contributed by atoms with Crippen molar-refractivity contribution in [2.24, 2.45) is 0 Å². The van der Waals surface area contributed by atoms with Gasteiger partial charge in [-0.15, -0.1) is 0 Å². The van der Waals surface area contributed by atoms with E-state index >= 15 is 0 Å². The largest absolute Gasteiger partial charge is 0.495 e. The van der Waals surface area contributed by atoms with Crippen LogP contribution in [0.25, 0.3) is 0 Å². The number of fused-ring (bicyclic) bond motifs is 1. The Labute approximate surface area is 134 Å². The number of carbonyl (C=O) groups is 1. The monoisotopic (exact) mass is 314 g/mol. The van der Waals surface area contributed by atoms with Crippen molar-refractivity contribution in [2.45, 2.75) is 6.92 Å². The summed E-state index contributed by atoms with van der Waals surface area (Å²) in [6.07, 6.45) is 0. The number of amides is 1. The molecule has 6 heteroatoms. The normalized spacial score (nSPS) is 11.9. The summed E-state index contributed by atoms with van der Waals surface area (Å²) in [6, 6.07) is 11.1. The summed E-state index contributed by atoms with van der Waals surface area (Å²) < 4.78 is 15.8. The molecule has 1 aliphatic heterocycles. The van der Waals surface area contributed by atoms with Gasteiger partial charge in [-0.05, 0) is 36.8 Å². The molecule has 0 radical (unpaired) electrons. The molecule has 1 heterocycles. The predicted octanol–water partition coefficient (Wildman–Crippen LogP) is 2.78. The molecule has 0 saturated carbocycles. The van der Waals surface area contributed by atoms with Gasteiger partial charge in [0.2, 0.25) is 12.7 Å². The van der Waals surface area contributed by atoms with E-state index in [0.29, 0.717) is 22.9 Å². The summed E-state index contributed by atoms with van der Waals surface area (Å²) in [5.74, 6) is 1.86. The lowest BCUT2D eigenvalue weighted by atomic mass is 10.2. The maximum atomic E-state index is 12.1. The van der Waals surface area contributed by atoms with Crippen LogP contribution in [0, 0.1) is 6.92 Å². The number of benzene rings is 2. The molecule has 0 aromatic heterocycles. The Balaban J connectivity index is 1.61. The minimum absolute atomic E-state index is 0.136. The van der Waals surface area contributed by atoms with E-state index in [1.54, 1.807) is 7.11 Å². The van der Waals surface area contributed by atoms with Crippen molar-refractivity contribution in [3.63, 3.8) is 0 Å². The van der Waals surface area contributed by atoms with E-state index < -0.39 is 0 Å². The summed E-state index contributed by atoms with van der Waals surface area (Å²) in [6.45, 7) is 2.32. The summed E-state index contributed by atoms with van der Waals surface area (Å²) in [7, 11) is 1.57. The standard InChI is InChI=1S/C17H18N2O4/c1-11-3-5-14(21-2)13(7-11)19-17(20)9-18-12-4-6-15-16(8-12)23-10-22-15/h3-8,18H,9-10H2,1-2H3,(H,19,20). The highest BCUT2D eigenvalue weighted by Gasteiger charge is 2.13. The molecule has 120 valence electrons. The van der Waals surface area contributed by atoms with Crippen molar-refractivity contribution in [3.05, 3.63) is 42.0 Å². The van der Waals surface area contributed by atoms with Gasteiger partial charge in [0, 0.05) is 11.8 Å². The number of aryl methyl sites for hydroxylation is 1. The fourth-order valence-corrected chi connectivity index (χ4v) is 2.30. The van der Waals surface area contributed by atoms with Gasteiger partial charge in [-0.3, -0.25) is 4.79 Å². The lowest BCUT2D eigenvalue weighted by Crippen LogP contribution is -2.22. The van der Waals surface area contributed by atoms with Crippen LogP contribution in [0.4, 0.5) is 11.4 Å². The van der Waals surface area contributed by atoms with Gasteiger partial charge in [0.15, 0.2) is 11.5 Å². The highest BCUT2D eigenvalue weighted by atomic mass is 16.7. The number of ether oxygens (including phenoxy) is 3. The molecule has 0 aliphatic carbocycles. The zero-order chi connectivity index (χ0) is 16.2. The minimum atomic E-state index is -0.161. The van der Waals surface area contributed by atoms with Gasteiger partial charge in [-0.2, -0.15) is 0 Å². The number of methoxy groups -OCH3 is 1. The third-order valence-corrected chi connectivity index (χ3v) is 3.45. The van der Waals surface area contributed by atoms with Crippen molar-refractivity contribution in [1.29, 1.82) is 0 Å². The van der Waals surface area contributed by atoms with Gasteiger partial charge in [-0.1, -0.05) is 6.07 Å². The molecule has 6 nitrogen and oxygen atoms in total. The number of rotatable bonds is 5. The molecular weight excluding hydrogens is 296 g/mol. The van der Waals surface area contributed by atoms with Gasteiger partial charge in [0.1, 0.15) is 5.75 Å². The van der Waals surface area contributed by atoms with E-state index in [1.807, 2.05) is 43.3 Å².